The van der Waals surface area contributed by atoms with Crippen molar-refractivity contribution in [1.29, 1.82) is 0 Å². The highest BCUT2D eigenvalue weighted by Gasteiger charge is 2.22. The average Bonchev–Trinajstić information content (AvgIpc) is 3.51. The van der Waals surface area contributed by atoms with Crippen LogP contribution in [0.5, 0.6) is 17.2 Å². The highest BCUT2D eigenvalue weighted by atomic mass is 16.5. The molecule has 7 rings (SSSR count). The Bertz CT molecular complexity index is 2730. The molecule has 3 aromatic carbocycles. The van der Waals surface area contributed by atoms with Gasteiger partial charge in [-0.3, -0.25) is 14.7 Å². The number of esters is 3. The van der Waals surface area contributed by atoms with E-state index in [1.165, 1.54) is 21.3 Å². The lowest BCUT2D eigenvalue weighted by Gasteiger charge is -2.25. The summed E-state index contributed by atoms with van der Waals surface area (Å²) in [5.74, 6) is 19.6. The Labute approximate surface area is 420 Å². The van der Waals surface area contributed by atoms with Gasteiger partial charge in [0.1, 0.15) is 34.3 Å². The summed E-state index contributed by atoms with van der Waals surface area (Å²) in [6.45, 7) is 4.77. The first-order chi connectivity index (χ1) is 35.0. The zero-order valence-corrected chi connectivity index (χ0v) is 41.1. The van der Waals surface area contributed by atoms with Crippen molar-refractivity contribution in [3.63, 3.8) is 0 Å². The number of methoxy groups -OCH3 is 6. The number of aromatic nitrogens is 3. The monoisotopic (exact) mass is 966 g/mol. The summed E-state index contributed by atoms with van der Waals surface area (Å²) in [6, 6.07) is 32.8. The van der Waals surface area contributed by atoms with E-state index in [4.69, 9.17) is 43.4 Å². The number of rotatable bonds is 12. The molecule has 0 saturated carbocycles. The fraction of sp³-hybridized carbons (Fsp3) is 0.263. The minimum absolute atomic E-state index is 0.145. The molecule has 0 bridgehead atoms. The van der Waals surface area contributed by atoms with Crippen LogP contribution in [0, 0.1) is 35.5 Å². The van der Waals surface area contributed by atoms with Gasteiger partial charge < -0.3 is 28.4 Å². The Kier molecular flexibility index (Phi) is 18.1. The molecule has 15 heteroatoms. The van der Waals surface area contributed by atoms with Gasteiger partial charge in [-0.2, -0.15) is 0 Å². The second-order valence-electron chi connectivity index (χ2n) is 16.4. The number of carbonyl (C=O) groups excluding carboxylic acids is 3. The van der Waals surface area contributed by atoms with Crippen LogP contribution in [-0.4, -0.2) is 129 Å². The molecule has 4 heterocycles. The van der Waals surface area contributed by atoms with E-state index in [2.05, 4.69) is 50.2 Å². The Morgan fingerprint density at radius 3 is 0.833 bits per heavy atom. The van der Waals surface area contributed by atoms with E-state index in [0.717, 1.165) is 33.9 Å². The molecule has 0 atom stereocenters. The van der Waals surface area contributed by atoms with Crippen LogP contribution in [0.1, 0.15) is 81.9 Å². The molecule has 0 amide bonds. The highest BCUT2D eigenvalue weighted by molar-refractivity contribution is 5.88. The van der Waals surface area contributed by atoms with Crippen LogP contribution >= 0.6 is 0 Å². The number of ether oxygens (including phenoxy) is 6. The molecule has 1 saturated heterocycles. The van der Waals surface area contributed by atoms with Crippen molar-refractivity contribution >= 4 is 17.9 Å². The molecule has 0 unspecified atom stereocenters. The first-order valence-corrected chi connectivity index (χ1v) is 23.0. The van der Waals surface area contributed by atoms with Crippen molar-refractivity contribution in [2.45, 2.75) is 19.6 Å². The highest BCUT2D eigenvalue weighted by Crippen LogP contribution is 2.18. The van der Waals surface area contributed by atoms with Crippen LogP contribution in [0.3, 0.4) is 0 Å². The van der Waals surface area contributed by atoms with Crippen molar-refractivity contribution < 1.29 is 42.8 Å². The van der Waals surface area contributed by atoms with Crippen LogP contribution < -0.4 is 14.2 Å². The first-order valence-electron chi connectivity index (χ1n) is 23.0. The average molecular weight is 967 g/mol. The largest absolute Gasteiger partial charge is 0.497 e. The molecule has 1 fully saturated rings. The van der Waals surface area contributed by atoms with Gasteiger partial charge in [-0.1, -0.05) is 35.5 Å². The van der Waals surface area contributed by atoms with E-state index in [1.807, 2.05) is 91.0 Å². The number of benzene rings is 3. The fourth-order valence-corrected chi connectivity index (χ4v) is 7.65. The van der Waals surface area contributed by atoms with Gasteiger partial charge in [-0.05, 0) is 109 Å². The number of carbonyl (C=O) groups is 3. The zero-order valence-electron chi connectivity index (χ0n) is 41.1. The Morgan fingerprint density at radius 1 is 0.375 bits per heavy atom. The van der Waals surface area contributed by atoms with E-state index in [0.29, 0.717) is 92.7 Å². The predicted molar refractivity (Wildman–Crippen MR) is 269 cm³/mol. The summed E-state index contributed by atoms with van der Waals surface area (Å²) in [4.78, 5) is 59.9. The lowest BCUT2D eigenvalue weighted by Crippen LogP contribution is -2.36. The van der Waals surface area contributed by atoms with Gasteiger partial charge >= 0.3 is 17.9 Å². The van der Waals surface area contributed by atoms with Gasteiger partial charge in [0.15, 0.2) is 0 Å². The molecule has 0 spiro atoms. The van der Waals surface area contributed by atoms with Crippen LogP contribution in [0.15, 0.2) is 109 Å². The molecule has 0 radical (unpaired) electrons. The lowest BCUT2D eigenvalue weighted by molar-refractivity contribution is 0.0584. The second-order valence-corrected chi connectivity index (χ2v) is 16.4. The van der Waals surface area contributed by atoms with Crippen LogP contribution in [0.25, 0.3) is 0 Å². The summed E-state index contributed by atoms with van der Waals surface area (Å²) in [6.07, 6.45) is 0. The third-order valence-electron chi connectivity index (χ3n) is 11.5. The quantitative estimate of drug-likeness (QED) is 0.0768. The lowest BCUT2D eigenvalue weighted by atomic mass is 10.1. The second kappa shape index (κ2) is 25.4. The molecule has 72 heavy (non-hydrogen) atoms. The van der Waals surface area contributed by atoms with Gasteiger partial charge in [0.25, 0.3) is 0 Å². The maximum absolute atomic E-state index is 13.0. The van der Waals surface area contributed by atoms with Crippen molar-refractivity contribution in [2.75, 3.05) is 81.9 Å². The molecule has 0 aliphatic carbocycles. The molecular weight excluding hydrogens is 913 g/mol. The number of pyridine rings is 3. The molecule has 366 valence electrons. The molecule has 15 nitrogen and oxygen atoms in total. The van der Waals surface area contributed by atoms with Crippen molar-refractivity contribution in [1.82, 2.24) is 29.7 Å². The molecule has 3 aromatic heterocycles. The molecular formula is C57H54N6O9. The van der Waals surface area contributed by atoms with E-state index in [-0.39, 0.29) is 17.1 Å². The van der Waals surface area contributed by atoms with Crippen LogP contribution in [-0.2, 0) is 33.8 Å². The number of hydrogen-bond acceptors (Lipinski definition) is 15. The molecule has 1 aliphatic rings. The molecule has 6 aromatic rings. The summed E-state index contributed by atoms with van der Waals surface area (Å²) < 4.78 is 31.2. The summed E-state index contributed by atoms with van der Waals surface area (Å²) in [5.41, 5.74) is 6.48. The zero-order chi connectivity index (χ0) is 50.8. The summed E-state index contributed by atoms with van der Waals surface area (Å²) in [5, 5.41) is 0. The molecule has 1 aliphatic heterocycles. The maximum Gasteiger partial charge on any atom is 0.356 e. The maximum atomic E-state index is 13.0. The SMILES string of the molecule is COC(=O)c1cc(C#Cc2ccc(OC)cc2)cc(CN2CCN(Cc3cc(C#Cc4ccc(OC)cc4)cc(C(=O)OC)n3)CCN(Cc3cc(C#Cc4ccc(OC)cc4)cc(C(=O)OC)n3)CC2)n1. The minimum Gasteiger partial charge on any atom is -0.497 e. The number of hydrogen-bond donors (Lipinski definition) is 0. The van der Waals surface area contributed by atoms with Gasteiger partial charge in [-0.15, -0.1) is 0 Å². The Hall–Kier alpha value is -8.52. The van der Waals surface area contributed by atoms with Crippen molar-refractivity contribution in [3.05, 3.63) is 177 Å². The first kappa shape index (κ1) is 51.3. The summed E-state index contributed by atoms with van der Waals surface area (Å²) in [7, 11) is 8.79. The van der Waals surface area contributed by atoms with Gasteiger partial charge in [0, 0.05) is 92.3 Å². The van der Waals surface area contributed by atoms with Gasteiger partial charge in [0.2, 0.25) is 0 Å². The number of nitrogens with zero attached hydrogens (tertiary/aromatic N) is 6. The van der Waals surface area contributed by atoms with E-state index in [1.54, 1.807) is 39.5 Å². The van der Waals surface area contributed by atoms with Crippen molar-refractivity contribution in [3.8, 4) is 52.8 Å². The van der Waals surface area contributed by atoms with E-state index in [9.17, 15) is 14.4 Å². The third-order valence-corrected chi connectivity index (χ3v) is 11.5. The summed E-state index contributed by atoms with van der Waals surface area (Å²) >= 11 is 0. The van der Waals surface area contributed by atoms with E-state index < -0.39 is 17.9 Å². The third kappa shape index (κ3) is 14.7. The Morgan fingerprint density at radius 2 is 0.611 bits per heavy atom. The normalized spacial score (nSPS) is 12.9. The predicted octanol–water partition coefficient (Wildman–Crippen LogP) is 6.28. The standard InChI is InChI=1S/C57H54N6O9/c1-67-49-19-13-40(14-20-49)7-10-43-31-46(58-52(34-43)55(64)70-4)37-61-25-27-62(38-47-32-44(35-53(59-47)56(65)71-5)11-8-41-15-21-50(68-2)22-16-41)29-30-63(28-26-61)39-48-33-45(36-54(60-48)57(66)72-6)12-9-42-17-23-51(69-3)24-18-42/h13-24,31-36H,25-30,37-39H2,1-6H3. The van der Waals surface area contributed by atoms with Crippen LogP contribution in [0.2, 0.25) is 0 Å². The van der Waals surface area contributed by atoms with Gasteiger partial charge in [0.05, 0.1) is 59.7 Å². The van der Waals surface area contributed by atoms with E-state index >= 15 is 0 Å². The Balaban J connectivity index is 1.20. The van der Waals surface area contributed by atoms with Crippen molar-refractivity contribution in [2.24, 2.45) is 0 Å². The van der Waals surface area contributed by atoms with Crippen LogP contribution in [0.4, 0.5) is 0 Å². The molecule has 0 N–H and O–H groups in total. The minimum atomic E-state index is -0.573. The topological polar surface area (TPSA) is 155 Å². The van der Waals surface area contributed by atoms with Gasteiger partial charge in [-0.25, -0.2) is 29.3 Å². The fourth-order valence-electron chi connectivity index (χ4n) is 7.65. The smallest absolute Gasteiger partial charge is 0.356 e.